The van der Waals surface area contributed by atoms with E-state index in [1.165, 1.54) is 6.07 Å². The van der Waals surface area contributed by atoms with Gasteiger partial charge in [0, 0.05) is 17.5 Å². The third-order valence-electron chi connectivity index (χ3n) is 4.87. The molecule has 2 atom stereocenters. The number of rotatable bonds is 7. The molecule has 0 unspecified atom stereocenters. The first-order valence-corrected chi connectivity index (χ1v) is 10.4. The number of hydrogen-bond donors (Lipinski definition) is 0. The van der Waals surface area contributed by atoms with E-state index in [0.717, 1.165) is 37.9 Å². The molecule has 0 heterocycles. The highest BCUT2D eigenvalue weighted by molar-refractivity contribution is 7.88. The molecule has 1 aliphatic rings. The van der Waals surface area contributed by atoms with Gasteiger partial charge in [-0.05, 0) is 50.4 Å². The molecule has 26 heavy (non-hydrogen) atoms. The summed E-state index contributed by atoms with van der Waals surface area (Å²) >= 11 is 0. The van der Waals surface area contributed by atoms with Gasteiger partial charge in [0.25, 0.3) is 0 Å². The predicted molar refractivity (Wildman–Crippen MR) is 94.7 cm³/mol. The van der Waals surface area contributed by atoms with Crippen LogP contribution in [0.15, 0.2) is 18.2 Å². The van der Waals surface area contributed by atoms with Crippen LogP contribution >= 0.6 is 0 Å². The van der Waals surface area contributed by atoms with E-state index in [2.05, 4.69) is 22.9 Å². The maximum absolute atomic E-state index is 12.7. The summed E-state index contributed by atoms with van der Waals surface area (Å²) in [5, 5.41) is 0. The van der Waals surface area contributed by atoms with Crippen LogP contribution in [0.25, 0.3) is 0 Å². The van der Waals surface area contributed by atoms with Gasteiger partial charge in [0.1, 0.15) is 5.75 Å². The number of nitrogens with zero attached hydrogens (tertiary/aromatic N) is 1. The monoisotopic (exact) mass is 393 g/mol. The van der Waals surface area contributed by atoms with Crippen LogP contribution in [0.1, 0.15) is 57.1 Å². The molecule has 0 aromatic heterocycles. The van der Waals surface area contributed by atoms with Gasteiger partial charge >= 0.3 is 15.6 Å². The van der Waals surface area contributed by atoms with Gasteiger partial charge in [-0.25, -0.2) is 0 Å². The molecule has 1 aliphatic carbocycles. The minimum atomic E-state index is -5.68. The van der Waals surface area contributed by atoms with E-state index in [0.29, 0.717) is 12.0 Å². The largest absolute Gasteiger partial charge is 0.534 e. The molecule has 0 N–H and O–H groups in total. The number of hydrogen-bond acceptors (Lipinski definition) is 4. The number of benzene rings is 1. The summed E-state index contributed by atoms with van der Waals surface area (Å²) in [7, 11) is -5.68. The lowest BCUT2D eigenvalue weighted by Gasteiger charge is -2.40. The molecule has 148 valence electrons. The molecule has 0 fully saturated rings. The Morgan fingerprint density at radius 1 is 1.19 bits per heavy atom. The van der Waals surface area contributed by atoms with Crippen molar-refractivity contribution in [3.63, 3.8) is 0 Å². The van der Waals surface area contributed by atoms with Gasteiger partial charge in [0.2, 0.25) is 0 Å². The molecule has 0 saturated carbocycles. The molecule has 1 aromatic rings. The molecule has 2 rings (SSSR count). The fourth-order valence-electron chi connectivity index (χ4n) is 3.82. The molecule has 1 aromatic carbocycles. The van der Waals surface area contributed by atoms with Gasteiger partial charge in [-0.1, -0.05) is 32.9 Å². The number of aryl methyl sites for hydroxylation is 1. The van der Waals surface area contributed by atoms with Crippen molar-refractivity contribution in [2.45, 2.75) is 63.9 Å². The van der Waals surface area contributed by atoms with E-state index in [9.17, 15) is 21.6 Å². The van der Waals surface area contributed by atoms with Gasteiger partial charge in [0.05, 0.1) is 0 Å². The molecule has 0 saturated heterocycles. The predicted octanol–water partition coefficient (Wildman–Crippen LogP) is 4.46. The Labute approximate surface area is 153 Å². The first-order valence-electron chi connectivity index (χ1n) is 8.99. The lowest BCUT2D eigenvalue weighted by molar-refractivity contribution is -0.0500. The fourth-order valence-corrected chi connectivity index (χ4v) is 4.30. The van der Waals surface area contributed by atoms with Crippen LogP contribution in [-0.4, -0.2) is 38.0 Å². The van der Waals surface area contributed by atoms with Crippen LogP contribution in [0, 0.1) is 0 Å². The van der Waals surface area contributed by atoms with E-state index in [1.54, 1.807) is 6.07 Å². The van der Waals surface area contributed by atoms with Crippen LogP contribution in [0.2, 0.25) is 0 Å². The highest BCUT2D eigenvalue weighted by atomic mass is 32.2. The van der Waals surface area contributed by atoms with Gasteiger partial charge in [-0.3, -0.25) is 4.90 Å². The Kier molecular flexibility index (Phi) is 6.60. The molecule has 0 amide bonds. The highest BCUT2D eigenvalue weighted by Crippen LogP contribution is 2.41. The quantitative estimate of drug-likeness (QED) is 0.507. The van der Waals surface area contributed by atoms with E-state index in [-0.39, 0.29) is 17.7 Å². The Hall–Kier alpha value is -1.28. The summed E-state index contributed by atoms with van der Waals surface area (Å²) in [4.78, 5) is 2.35. The standard InChI is InChI=1S/C18H26F3NO3S/c1-4-11-22(12-5-2)15-10-9-14-7-6-8-16(17(14)13(15)3)25-26(23,24)18(19,20)21/h6-8,13,15H,4-5,9-12H2,1-3H3/t13-,15-/m0/s1. The second kappa shape index (κ2) is 8.17. The molecule has 0 bridgehead atoms. The molecule has 8 heteroatoms. The number of fused-ring (bicyclic) bond motifs is 1. The Bertz CT molecular complexity index is 713. The molecule has 0 radical (unpaired) electrons. The first kappa shape index (κ1) is 21.0. The normalized spacial score (nSPS) is 20.9. The van der Waals surface area contributed by atoms with Crippen LogP contribution in [0.3, 0.4) is 0 Å². The zero-order chi connectivity index (χ0) is 19.5. The third-order valence-corrected chi connectivity index (χ3v) is 5.84. The molecular formula is C18H26F3NO3S. The van der Waals surface area contributed by atoms with Crippen molar-refractivity contribution in [3.8, 4) is 5.75 Å². The van der Waals surface area contributed by atoms with Gasteiger partial charge in [-0.15, -0.1) is 0 Å². The van der Waals surface area contributed by atoms with E-state index >= 15 is 0 Å². The Morgan fingerprint density at radius 3 is 2.35 bits per heavy atom. The number of halogens is 3. The summed E-state index contributed by atoms with van der Waals surface area (Å²) in [6, 6.07) is 4.84. The molecular weight excluding hydrogens is 367 g/mol. The van der Waals surface area contributed by atoms with Crippen LogP contribution in [0.5, 0.6) is 5.75 Å². The summed E-state index contributed by atoms with van der Waals surface area (Å²) < 4.78 is 65.7. The van der Waals surface area contributed by atoms with Crippen molar-refractivity contribution >= 4 is 10.1 Å². The average Bonchev–Trinajstić information content (AvgIpc) is 2.54. The summed E-state index contributed by atoms with van der Waals surface area (Å²) in [6.07, 6.45) is 3.55. The lowest BCUT2D eigenvalue weighted by atomic mass is 9.79. The maximum atomic E-state index is 12.7. The third kappa shape index (κ3) is 4.34. The minimum absolute atomic E-state index is 0.114. The van der Waals surface area contributed by atoms with Crippen LogP contribution in [-0.2, 0) is 16.5 Å². The van der Waals surface area contributed by atoms with Crippen molar-refractivity contribution in [2.24, 2.45) is 0 Å². The summed E-state index contributed by atoms with van der Waals surface area (Å²) in [5.41, 5.74) is -4.01. The summed E-state index contributed by atoms with van der Waals surface area (Å²) in [6.45, 7) is 7.93. The van der Waals surface area contributed by atoms with Crippen molar-refractivity contribution in [1.82, 2.24) is 4.90 Å². The summed E-state index contributed by atoms with van der Waals surface area (Å²) in [5.74, 6) is -0.318. The van der Waals surface area contributed by atoms with Crippen LogP contribution < -0.4 is 4.18 Å². The molecule has 0 aliphatic heterocycles. The maximum Gasteiger partial charge on any atom is 0.534 e. The highest BCUT2D eigenvalue weighted by Gasteiger charge is 2.49. The second-order valence-corrected chi connectivity index (χ2v) is 8.28. The average molecular weight is 393 g/mol. The smallest absolute Gasteiger partial charge is 0.376 e. The van der Waals surface area contributed by atoms with E-state index in [1.807, 2.05) is 13.0 Å². The first-order chi connectivity index (χ1) is 12.1. The molecule has 0 spiro atoms. The SMILES string of the molecule is CCCN(CCC)[C@H]1CCc2cccc(OS(=O)(=O)C(F)(F)F)c2[C@H]1C. The van der Waals surface area contributed by atoms with Crippen molar-refractivity contribution in [2.75, 3.05) is 13.1 Å². The van der Waals surface area contributed by atoms with Crippen LogP contribution in [0.4, 0.5) is 13.2 Å². The number of alkyl halides is 3. The zero-order valence-corrected chi connectivity index (χ0v) is 16.2. The minimum Gasteiger partial charge on any atom is -0.376 e. The van der Waals surface area contributed by atoms with Gasteiger partial charge in [-0.2, -0.15) is 21.6 Å². The van der Waals surface area contributed by atoms with Gasteiger partial charge < -0.3 is 4.18 Å². The topological polar surface area (TPSA) is 46.6 Å². The molecule has 4 nitrogen and oxygen atoms in total. The Morgan fingerprint density at radius 2 is 1.81 bits per heavy atom. The second-order valence-electron chi connectivity index (χ2n) is 6.74. The van der Waals surface area contributed by atoms with E-state index in [4.69, 9.17) is 0 Å². The Balaban J connectivity index is 2.39. The van der Waals surface area contributed by atoms with Gasteiger partial charge in [0.15, 0.2) is 0 Å². The lowest BCUT2D eigenvalue weighted by Crippen LogP contribution is -2.42. The van der Waals surface area contributed by atoms with Crippen molar-refractivity contribution in [3.05, 3.63) is 29.3 Å². The fraction of sp³-hybridized carbons (Fsp3) is 0.667. The van der Waals surface area contributed by atoms with Crippen molar-refractivity contribution < 1.29 is 25.8 Å². The zero-order valence-electron chi connectivity index (χ0n) is 15.3. The van der Waals surface area contributed by atoms with Crippen molar-refractivity contribution in [1.29, 1.82) is 0 Å². The van der Waals surface area contributed by atoms with E-state index < -0.39 is 15.6 Å².